The number of sulfonamides is 1. The van der Waals surface area contributed by atoms with Crippen LogP contribution in [0.1, 0.15) is 20.4 Å². The Morgan fingerprint density at radius 1 is 1.07 bits per heavy atom. The van der Waals surface area contributed by atoms with Gasteiger partial charge in [0.15, 0.2) is 0 Å². The van der Waals surface area contributed by atoms with Crippen LogP contribution in [0.4, 0.5) is 14.5 Å². The summed E-state index contributed by atoms with van der Waals surface area (Å²) < 4.78 is 53.1. The van der Waals surface area contributed by atoms with Crippen LogP contribution in [0, 0.1) is 11.6 Å². The summed E-state index contributed by atoms with van der Waals surface area (Å²) in [6, 6.07) is 11.4. The Morgan fingerprint density at radius 2 is 1.82 bits per heavy atom. The van der Waals surface area contributed by atoms with Crippen molar-refractivity contribution in [3.8, 4) is 0 Å². The molecule has 0 saturated heterocycles. The van der Waals surface area contributed by atoms with Gasteiger partial charge < -0.3 is 5.32 Å². The summed E-state index contributed by atoms with van der Waals surface area (Å²) in [6.07, 6.45) is 0. The van der Waals surface area contributed by atoms with Gasteiger partial charge in [-0.2, -0.15) is 0 Å². The lowest BCUT2D eigenvalue weighted by Gasteiger charge is -2.05. The topological polar surface area (TPSA) is 101 Å². The van der Waals surface area contributed by atoms with Gasteiger partial charge in [-0.25, -0.2) is 21.9 Å². The molecule has 3 rings (SSSR count). The molecule has 0 aliphatic carbocycles. The van der Waals surface area contributed by atoms with Crippen molar-refractivity contribution in [1.82, 2.24) is 14.9 Å². The van der Waals surface area contributed by atoms with Gasteiger partial charge in [-0.1, -0.05) is 41.7 Å². The fraction of sp³-hybridized carbons (Fsp3) is 0.118. The second kappa shape index (κ2) is 8.50. The maximum atomic E-state index is 13.6. The van der Waals surface area contributed by atoms with Gasteiger partial charge in [0.05, 0.1) is 18.0 Å². The van der Waals surface area contributed by atoms with Gasteiger partial charge >= 0.3 is 0 Å². The molecule has 0 spiro atoms. The molecule has 0 bridgehead atoms. The minimum atomic E-state index is -3.60. The van der Waals surface area contributed by atoms with Gasteiger partial charge in [0.2, 0.25) is 15.0 Å². The third kappa shape index (κ3) is 5.38. The van der Waals surface area contributed by atoms with E-state index in [9.17, 15) is 22.0 Å². The average molecular weight is 424 g/mol. The normalized spacial score (nSPS) is 11.4. The molecule has 0 radical (unpaired) electrons. The van der Waals surface area contributed by atoms with Crippen molar-refractivity contribution in [3.63, 3.8) is 0 Å². The quantitative estimate of drug-likeness (QED) is 0.607. The molecule has 11 heteroatoms. The minimum Gasteiger partial charge on any atom is -0.317 e. The first kappa shape index (κ1) is 20.0. The van der Waals surface area contributed by atoms with E-state index in [1.165, 1.54) is 0 Å². The Labute approximate surface area is 163 Å². The zero-order valence-corrected chi connectivity index (χ0v) is 15.9. The zero-order chi connectivity index (χ0) is 20.1. The van der Waals surface area contributed by atoms with Gasteiger partial charge in [0.1, 0.15) is 16.6 Å². The Bertz CT molecular complexity index is 1090. The molecule has 3 aromatic rings. The number of nitrogens with zero attached hydrogens (tertiary/aromatic N) is 2. The molecule has 2 N–H and O–H groups in total. The summed E-state index contributed by atoms with van der Waals surface area (Å²) in [4.78, 5) is 12.1. The van der Waals surface area contributed by atoms with E-state index in [2.05, 4.69) is 20.2 Å². The van der Waals surface area contributed by atoms with Crippen molar-refractivity contribution in [1.29, 1.82) is 0 Å². The van der Waals surface area contributed by atoms with Crippen molar-refractivity contribution in [2.24, 2.45) is 0 Å². The highest BCUT2D eigenvalue weighted by molar-refractivity contribution is 7.88. The van der Waals surface area contributed by atoms with Crippen LogP contribution in [-0.2, 0) is 22.3 Å². The number of carbonyl (C=O) groups is 1. The number of nitrogens with one attached hydrogen (secondary N) is 2. The number of amides is 1. The lowest BCUT2D eigenvalue weighted by atomic mass is 10.2. The van der Waals surface area contributed by atoms with Crippen LogP contribution in [0.15, 0.2) is 48.5 Å². The van der Waals surface area contributed by atoms with Crippen molar-refractivity contribution in [3.05, 3.63) is 75.7 Å². The van der Waals surface area contributed by atoms with Crippen LogP contribution in [0.5, 0.6) is 0 Å². The first-order chi connectivity index (χ1) is 13.3. The van der Waals surface area contributed by atoms with Crippen LogP contribution in [-0.4, -0.2) is 24.5 Å². The number of benzene rings is 2. The van der Waals surface area contributed by atoms with Crippen LogP contribution >= 0.6 is 11.3 Å². The molecule has 28 heavy (non-hydrogen) atoms. The van der Waals surface area contributed by atoms with Crippen molar-refractivity contribution in [2.45, 2.75) is 12.3 Å². The van der Waals surface area contributed by atoms with E-state index < -0.39 is 27.6 Å². The largest absolute Gasteiger partial charge is 0.317 e. The summed E-state index contributed by atoms with van der Waals surface area (Å²) in [5, 5.41) is 9.87. The summed E-state index contributed by atoms with van der Waals surface area (Å²) in [7, 11) is -3.60. The molecule has 0 aliphatic rings. The fourth-order valence-electron chi connectivity index (χ4n) is 2.20. The van der Waals surface area contributed by atoms with E-state index in [1.807, 2.05) is 0 Å². The first-order valence-corrected chi connectivity index (χ1v) is 10.4. The molecule has 0 fully saturated rings. The molecule has 2 aromatic carbocycles. The highest BCUT2D eigenvalue weighted by atomic mass is 32.2. The third-order valence-corrected chi connectivity index (χ3v) is 5.70. The van der Waals surface area contributed by atoms with E-state index >= 15 is 0 Å². The van der Waals surface area contributed by atoms with Crippen LogP contribution in [0.25, 0.3) is 0 Å². The Hall–Kier alpha value is -2.76. The summed E-state index contributed by atoms with van der Waals surface area (Å²) in [5.41, 5.74) is 0.431. The molecule has 7 nitrogen and oxygen atoms in total. The zero-order valence-electron chi connectivity index (χ0n) is 14.2. The van der Waals surface area contributed by atoms with Crippen molar-refractivity contribution < 1.29 is 22.0 Å². The van der Waals surface area contributed by atoms with E-state index in [-0.39, 0.29) is 28.0 Å². The predicted molar refractivity (Wildman–Crippen MR) is 100 cm³/mol. The average Bonchev–Trinajstić information content (AvgIpc) is 3.12. The summed E-state index contributed by atoms with van der Waals surface area (Å²) in [6.45, 7) is -0.134. The fourth-order valence-corrected chi connectivity index (χ4v) is 4.06. The van der Waals surface area contributed by atoms with Crippen LogP contribution in [0.2, 0.25) is 0 Å². The van der Waals surface area contributed by atoms with Gasteiger partial charge in [0.25, 0.3) is 5.91 Å². The molecular weight excluding hydrogens is 410 g/mol. The maximum Gasteiger partial charge on any atom is 0.286 e. The third-order valence-electron chi connectivity index (χ3n) is 3.48. The Kier molecular flexibility index (Phi) is 6.07. The number of anilines is 1. The Morgan fingerprint density at radius 3 is 2.54 bits per heavy atom. The monoisotopic (exact) mass is 424 g/mol. The number of rotatable bonds is 7. The molecular formula is C17H14F2N4O3S2. The van der Waals surface area contributed by atoms with Gasteiger partial charge in [0, 0.05) is 6.07 Å². The molecule has 146 valence electrons. The second-order valence-electron chi connectivity index (χ2n) is 5.65. The molecule has 1 heterocycles. The molecule has 1 amide bonds. The highest BCUT2D eigenvalue weighted by Gasteiger charge is 2.17. The van der Waals surface area contributed by atoms with Gasteiger partial charge in [-0.3, -0.25) is 4.79 Å². The summed E-state index contributed by atoms with van der Waals surface area (Å²) >= 11 is 0.858. The van der Waals surface area contributed by atoms with Crippen LogP contribution in [0.3, 0.4) is 0 Å². The molecule has 0 saturated carbocycles. The van der Waals surface area contributed by atoms with Crippen molar-refractivity contribution >= 4 is 33.0 Å². The first-order valence-electron chi connectivity index (χ1n) is 7.92. The van der Waals surface area contributed by atoms with E-state index in [1.54, 1.807) is 30.3 Å². The SMILES string of the molecule is O=C(Nc1ccc(F)cc1F)c1nnc(CNS(=O)(=O)Cc2ccccc2)s1. The smallest absolute Gasteiger partial charge is 0.286 e. The summed E-state index contributed by atoms with van der Waals surface area (Å²) in [5.74, 6) is -2.62. The van der Waals surface area contributed by atoms with E-state index in [0.29, 0.717) is 11.6 Å². The molecule has 0 aliphatic heterocycles. The number of carbonyl (C=O) groups excluding carboxylic acids is 1. The maximum absolute atomic E-state index is 13.6. The molecule has 0 atom stereocenters. The number of hydrogen-bond acceptors (Lipinski definition) is 6. The lowest BCUT2D eigenvalue weighted by molar-refractivity contribution is 0.102. The Balaban J connectivity index is 1.59. The van der Waals surface area contributed by atoms with Gasteiger partial charge in [-0.05, 0) is 17.7 Å². The van der Waals surface area contributed by atoms with Gasteiger partial charge in [-0.15, -0.1) is 10.2 Å². The van der Waals surface area contributed by atoms with Crippen molar-refractivity contribution in [2.75, 3.05) is 5.32 Å². The second-order valence-corrected chi connectivity index (χ2v) is 8.51. The number of halogens is 2. The molecule has 0 unspecified atom stereocenters. The minimum absolute atomic E-state index is 0.0824. The molecule has 1 aromatic heterocycles. The van der Waals surface area contributed by atoms with Crippen LogP contribution < -0.4 is 10.0 Å². The van der Waals surface area contributed by atoms with E-state index in [4.69, 9.17) is 0 Å². The standard InChI is InChI=1S/C17H14F2N4O3S2/c18-12-6-7-14(13(19)8-12)21-16(24)17-23-22-15(27-17)9-20-28(25,26)10-11-4-2-1-3-5-11/h1-8,20H,9-10H2,(H,21,24). The van der Waals surface area contributed by atoms with E-state index in [0.717, 1.165) is 23.5 Å². The predicted octanol–water partition coefficient (Wildman–Crippen LogP) is 2.69. The number of aromatic nitrogens is 2. The highest BCUT2D eigenvalue weighted by Crippen LogP contribution is 2.17. The lowest BCUT2D eigenvalue weighted by Crippen LogP contribution is -2.24. The number of hydrogen-bond donors (Lipinski definition) is 2.